The summed E-state index contributed by atoms with van der Waals surface area (Å²) in [5.41, 5.74) is 2.02. The molecule has 190 valence electrons. The average molecular weight is 511 g/mol. The van der Waals surface area contributed by atoms with Crippen LogP contribution in [0.2, 0.25) is 0 Å². The third-order valence-electron chi connectivity index (χ3n) is 6.44. The number of nitrogens with two attached hydrogens (primary N) is 1. The smallest absolute Gasteiger partial charge is 0.238 e. The van der Waals surface area contributed by atoms with Crippen LogP contribution >= 0.6 is 0 Å². The highest BCUT2D eigenvalue weighted by molar-refractivity contribution is 7.89. The fourth-order valence-electron chi connectivity index (χ4n) is 4.42. The fraction of sp³-hybridized carbons (Fsp3) is 0.346. The van der Waals surface area contributed by atoms with Gasteiger partial charge in [-0.15, -0.1) is 0 Å². The lowest BCUT2D eigenvalue weighted by atomic mass is 9.91. The fourth-order valence-corrected chi connectivity index (χ4v) is 4.98. The van der Waals surface area contributed by atoms with E-state index in [-0.39, 0.29) is 10.6 Å². The lowest BCUT2D eigenvalue weighted by Crippen LogP contribution is -2.36. The summed E-state index contributed by atoms with van der Waals surface area (Å²) in [6.07, 6.45) is 11.2. The van der Waals surface area contributed by atoms with E-state index < -0.39 is 15.8 Å². The largest absolute Gasteiger partial charge is 0.351 e. The van der Waals surface area contributed by atoms with Gasteiger partial charge in [-0.25, -0.2) is 27.9 Å². The van der Waals surface area contributed by atoms with Crippen LogP contribution in [-0.2, 0) is 10.0 Å². The van der Waals surface area contributed by atoms with E-state index in [1.807, 2.05) is 0 Å². The highest BCUT2D eigenvalue weighted by Gasteiger charge is 2.22. The number of primary sulfonamides is 1. The van der Waals surface area contributed by atoms with Crippen molar-refractivity contribution in [3.8, 4) is 11.3 Å². The van der Waals surface area contributed by atoms with Gasteiger partial charge in [0.05, 0.1) is 4.90 Å². The molecule has 0 saturated heterocycles. The molecule has 1 saturated carbocycles. The van der Waals surface area contributed by atoms with E-state index in [9.17, 15) is 8.42 Å². The van der Waals surface area contributed by atoms with E-state index in [2.05, 4.69) is 39.3 Å². The molecule has 3 aromatic rings. The van der Waals surface area contributed by atoms with Crippen molar-refractivity contribution in [2.45, 2.75) is 49.6 Å². The van der Waals surface area contributed by atoms with Crippen LogP contribution in [0.15, 0.2) is 47.6 Å². The maximum atomic E-state index is 15.3. The Hall–Kier alpha value is -3.21. The van der Waals surface area contributed by atoms with Crippen LogP contribution in [0.5, 0.6) is 0 Å². The van der Waals surface area contributed by atoms with Gasteiger partial charge >= 0.3 is 0 Å². The summed E-state index contributed by atoms with van der Waals surface area (Å²) in [4.78, 5) is 15.3. The molecule has 0 radical (unpaired) electrons. The number of hydrogen-bond acceptors (Lipinski definition) is 7. The summed E-state index contributed by atoms with van der Waals surface area (Å²) >= 11 is 0. The average Bonchev–Trinajstić information content (AvgIpc) is 2.85. The Balaban J connectivity index is 1.48. The van der Waals surface area contributed by atoms with E-state index in [1.165, 1.54) is 18.2 Å². The summed E-state index contributed by atoms with van der Waals surface area (Å²) in [5.74, 6) is 0.0272. The summed E-state index contributed by atoms with van der Waals surface area (Å²) in [5, 5.41) is 8.64. The number of halogens is 1. The molecule has 1 aromatic carbocycles. The van der Waals surface area contributed by atoms with Gasteiger partial charge in [0.25, 0.3) is 0 Å². The van der Waals surface area contributed by atoms with Crippen LogP contribution in [-0.4, -0.2) is 54.4 Å². The first-order valence-corrected chi connectivity index (χ1v) is 13.4. The van der Waals surface area contributed by atoms with E-state index in [0.29, 0.717) is 34.9 Å². The standard InChI is InChI=1S/C26H31FN6O2S/c1-17-13-19(24(27)25(31-17)20-5-4-6-23(14-20)36(28,34)35)8-7-18-15-29-26(30-16-18)32-21-9-11-22(12-10-21)33(2)3/h4-8,13-16,21-22H,9-12H2,1-3H3,(H2,28,34,35)(H,29,30,32)/b8-7+. The molecule has 0 atom stereocenters. The van der Waals surface area contributed by atoms with Crippen molar-refractivity contribution < 1.29 is 12.8 Å². The van der Waals surface area contributed by atoms with E-state index in [1.54, 1.807) is 43.6 Å². The zero-order valence-electron chi connectivity index (χ0n) is 20.6. The topological polar surface area (TPSA) is 114 Å². The normalized spacial score (nSPS) is 18.6. The zero-order valence-corrected chi connectivity index (χ0v) is 21.5. The van der Waals surface area contributed by atoms with Gasteiger partial charge in [0.1, 0.15) is 5.69 Å². The molecule has 1 fully saturated rings. The van der Waals surface area contributed by atoms with Gasteiger partial charge in [-0.05, 0) is 64.9 Å². The van der Waals surface area contributed by atoms with Gasteiger partial charge in [-0.3, -0.25) is 4.98 Å². The Bertz CT molecular complexity index is 1350. The second kappa shape index (κ2) is 10.8. The lowest BCUT2D eigenvalue weighted by molar-refractivity contribution is 0.221. The Labute approximate surface area is 211 Å². The van der Waals surface area contributed by atoms with Gasteiger partial charge in [-0.1, -0.05) is 24.3 Å². The van der Waals surface area contributed by atoms with E-state index >= 15 is 4.39 Å². The van der Waals surface area contributed by atoms with Crippen molar-refractivity contribution in [2.24, 2.45) is 5.14 Å². The molecule has 4 rings (SSSR count). The van der Waals surface area contributed by atoms with E-state index in [4.69, 9.17) is 5.14 Å². The Morgan fingerprint density at radius 2 is 1.78 bits per heavy atom. The molecule has 3 N–H and O–H groups in total. The molecule has 1 aliphatic rings. The van der Waals surface area contributed by atoms with Crippen molar-refractivity contribution in [3.05, 3.63) is 65.4 Å². The summed E-state index contributed by atoms with van der Waals surface area (Å²) in [7, 11) is 0.332. The summed E-state index contributed by atoms with van der Waals surface area (Å²) in [6.45, 7) is 1.75. The maximum absolute atomic E-state index is 15.3. The predicted octanol–water partition coefficient (Wildman–Crippen LogP) is 4.09. The molecule has 0 spiro atoms. The number of rotatable bonds is 7. The van der Waals surface area contributed by atoms with Crippen LogP contribution < -0.4 is 10.5 Å². The van der Waals surface area contributed by atoms with Crippen LogP contribution in [0.25, 0.3) is 23.4 Å². The first-order chi connectivity index (χ1) is 17.1. The summed E-state index contributed by atoms with van der Waals surface area (Å²) in [6, 6.07) is 8.41. The number of nitrogens with zero attached hydrogens (tertiary/aromatic N) is 4. The number of aromatic nitrogens is 3. The number of benzene rings is 1. The van der Waals surface area contributed by atoms with Gasteiger partial charge in [0.2, 0.25) is 16.0 Å². The third-order valence-corrected chi connectivity index (χ3v) is 7.35. The molecule has 0 amide bonds. The molecular formula is C26H31FN6O2S. The molecule has 2 aromatic heterocycles. The highest BCUT2D eigenvalue weighted by Crippen LogP contribution is 2.27. The molecule has 1 aliphatic carbocycles. The van der Waals surface area contributed by atoms with Crippen molar-refractivity contribution in [2.75, 3.05) is 19.4 Å². The number of aryl methyl sites for hydroxylation is 1. The summed E-state index contributed by atoms with van der Waals surface area (Å²) < 4.78 is 38.7. The number of sulfonamides is 1. The van der Waals surface area contributed by atoms with Crippen molar-refractivity contribution >= 4 is 28.1 Å². The zero-order chi connectivity index (χ0) is 25.9. The number of nitrogens with one attached hydrogen (secondary N) is 1. The highest BCUT2D eigenvalue weighted by atomic mass is 32.2. The van der Waals surface area contributed by atoms with Crippen LogP contribution in [0.3, 0.4) is 0 Å². The number of anilines is 1. The molecule has 0 aliphatic heterocycles. The van der Waals surface area contributed by atoms with E-state index in [0.717, 1.165) is 31.2 Å². The van der Waals surface area contributed by atoms with Gasteiger partial charge in [0, 0.05) is 46.9 Å². The monoisotopic (exact) mass is 510 g/mol. The molecule has 2 heterocycles. The van der Waals surface area contributed by atoms with Gasteiger partial charge in [-0.2, -0.15) is 0 Å². The van der Waals surface area contributed by atoms with Crippen LogP contribution in [0.1, 0.15) is 42.5 Å². The third kappa shape index (κ3) is 6.31. The molecule has 8 nitrogen and oxygen atoms in total. The van der Waals surface area contributed by atoms with Gasteiger partial charge in [0.15, 0.2) is 5.82 Å². The minimum Gasteiger partial charge on any atom is -0.351 e. The van der Waals surface area contributed by atoms with Crippen molar-refractivity contribution in [1.29, 1.82) is 0 Å². The Kier molecular flexibility index (Phi) is 7.77. The second-order valence-electron chi connectivity index (χ2n) is 9.38. The van der Waals surface area contributed by atoms with Crippen molar-refractivity contribution in [1.82, 2.24) is 19.9 Å². The lowest BCUT2D eigenvalue weighted by Gasteiger charge is -2.32. The first-order valence-electron chi connectivity index (χ1n) is 11.8. The number of hydrogen-bond donors (Lipinski definition) is 2. The number of pyridine rings is 1. The SMILES string of the molecule is Cc1cc(/C=C/c2cnc(NC3CCC(N(C)C)CC3)nc2)c(F)c(-c2cccc(S(N)(=O)=O)c2)n1. The Morgan fingerprint density at radius 3 is 2.42 bits per heavy atom. The maximum Gasteiger partial charge on any atom is 0.238 e. The predicted molar refractivity (Wildman–Crippen MR) is 140 cm³/mol. The van der Waals surface area contributed by atoms with Crippen LogP contribution in [0, 0.1) is 12.7 Å². The molecule has 0 unspecified atom stereocenters. The molecule has 0 bridgehead atoms. The first kappa shape index (κ1) is 25.9. The molecule has 36 heavy (non-hydrogen) atoms. The van der Waals surface area contributed by atoms with Crippen molar-refractivity contribution in [3.63, 3.8) is 0 Å². The van der Waals surface area contributed by atoms with Gasteiger partial charge < -0.3 is 10.2 Å². The van der Waals surface area contributed by atoms with Crippen LogP contribution in [0.4, 0.5) is 10.3 Å². The minimum absolute atomic E-state index is 0.0555. The quantitative estimate of drug-likeness (QED) is 0.492. The second-order valence-corrected chi connectivity index (χ2v) is 10.9. The Morgan fingerprint density at radius 1 is 1.08 bits per heavy atom. The minimum atomic E-state index is -3.92. The molecular weight excluding hydrogens is 479 g/mol. The molecule has 10 heteroatoms.